The number of anilines is 1. The molecule has 0 aliphatic carbocycles. The van der Waals surface area contributed by atoms with Crippen LogP contribution in [0.1, 0.15) is 5.69 Å². The van der Waals surface area contributed by atoms with Crippen LogP contribution in [0.25, 0.3) is 5.65 Å². The van der Waals surface area contributed by atoms with Gasteiger partial charge in [-0.2, -0.15) is 0 Å². The molecule has 0 saturated carbocycles. The lowest BCUT2D eigenvalue weighted by atomic mass is 10.3. The first kappa shape index (κ1) is 7.54. The van der Waals surface area contributed by atoms with Crippen LogP contribution in [-0.4, -0.2) is 14.6 Å². The molecule has 62 valence electrons. The molecule has 0 amide bonds. The van der Waals surface area contributed by atoms with Crippen molar-refractivity contribution in [2.75, 3.05) is 5.73 Å². The van der Waals surface area contributed by atoms with E-state index in [4.69, 9.17) is 5.73 Å². The summed E-state index contributed by atoms with van der Waals surface area (Å²) in [4.78, 5) is 0. The fraction of sp³-hybridized carbons (Fsp3) is 0.143. The Labute approximate surface area is 77.5 Å². The van der Waals surface area contributed by atoms with Gasteiger partial charge in [-0.05, 0) is 28.9 Å². The van der Waals surface area contributed by atoms with Crippen molar-refractivity contribution in [3.05, 3.63) is 22.6 Å². The summed E-state index contributed by atoms with van der Waals surface area (Å²) in [6.45, 7) is 1.97. The summed E-state index contributed by atoms with van der Waals surface area (Å²) in [6.07, 6.45) is 1.65. The van der Waals surface area contributed by atoms with E-state index in [1.807, 2.05) is 17.4 Å². The van der Waals surface area contributed by atoms with E-state index in [2.05, 4.69) is 26.1 Å². The summed E-state index contributed by atoms with van der Waals surface area (Å²) < 4.78 is 2.71. The molecule has 0 aliphatic heterocycles. The minimum Gasteiger partial charge on any atom is -0.395 e. The number of nitrogens with zero attached hydrogens (tertiary/aromatic N) is 3. The number of halogens is 1. The van der Waals surface area contributed by atoms with E-state index in [1.54, 1.807) is 6.33 Å². The predicted molar refractivity (Wildman–Crippen MR) is 49.8 cm³/mol. The topological polar surface area (TPSA) is 56.2 Å². The van der Waals surface area contributed by atoms with Crippen molar-refractivity contribution in [2.45, 2.75) is 6.92 Å². The predicted octanol–water partition coefficient (Wildman–Crippen LogP) is 1.38. The fourth-order valence-electron chi connectivity index (χ4n) is 1.11. The molecule has 0 unspecified atom stereocenters. The maximum Gasteiger partial charge on any atom is 0.185 e. The van der Waals surface area contributed by atoms with Gasteiger partial charge in [0.1, 0.15) is 6.33 Å². The zero-order valence-corrected chi connectivity index (χ0v) is 8.04. The minimum absolute atomic E-state index is 0.623. The fourth-order valence-corrected chi connectivity index (χ4v) is 1.62. The summed E-state index contributed by atoms with van der Waals surface area (Å²) in [7, 11) is 0. The van der Waals surface area contributed by atoms with E-state index >= 15 is 0 Å². The second-order valence-corrected chi connectivity index (χ2v) is 3.43. The van der Waals surface area contributed by atoms with Crippen LogP contribution in [0, 0.1) is 6.92 Å². The Hall–Kier alpha value is -1.10. The third-order valence-corrected chi connectivity index (χ3v) is 2.42. The third-order valence-electron chi connectivity index (χ3n) is 1.76. The highest BCUT2D eigenvalue weighted by molar-refractivity contribution is 9.10. The molecule has 0 aromatic carbocycles. The summed E-state index contributed by atoms with van der Waals surface area (Å²) in [6, 6.07) is 1.94. The van der Waals surface area contributed by atoms with Crippen molar-refractivity contribution in [3.8, 4) is 0 Å². The molecule has 0 saturated heterocycles. The largest absolute Gasteiger partial charge is 0.395 e. The number of hydrogen-bond donors (Lipinski definition) is 1. The lowest BCUT2D eigenvalue weighted by molar-refractivity contribution is 1.07. The second kappa shape index (κ2) is 2.45. The first-order chi connectivity index (χ1) is 5.70. The van der Waals surface area contributed by atoms with Crippen LogP contribution >= 0.6 is 15.9 Å². The number of fused-ring (bicyclic) bond motifs is 1. The van der Waals surface area contributed by atoms with Gasteiger partial charge in [-0.3, -0.25) is 4.40 Å². The molecule has 5 heteroatoms. The first-order valence-corrected chi connectivity index (χ1v) is 4.24. The average molecular weight is 227 g/mol. The van der Waals surface area contributed by atoms with Crippen molar-refractivity contribution in [3.63, 3.8) is 0 Å². The Morgan fingerprint density at radius 3 is 3.08 bits per heavy atom. The first-order valence-electron chi connectivity index (χ1n) is 3.44. The van der Waals surface area contributed by atoms with Crippen LogP contribution in [0.5, 0.6) is 0 Å². The molecular weight excluding hydrogens is 220 g/mol. The quantitative estimate of drug-likeness (QED) is 0.739. The molecule has 4 nitrogen and oxygen atoms in total. The molecule has 2 aromatic heterocycles. The van der Waals surface area contributed by atoms with Crippen molar-refractivity contribution >= 4 is 27.3 Å². The molecule has 0 spiro atoms. The number of aryl methyl sites for hydroxylation is 1. The molecule has 12 heavy (non-hydrogen) atoms. The zero-order valence-electron chi connectivity index (χ0n) is 6.45. The maximum atomic E-state index is 5.76. The lowest BCUT2D eigenvalue weighted by Gasteiger charge is -2.02. The third kappa shape index (κ3) is 0.896. The van der Waals surface area contributed by atoms with E-state index in [0.717, 1.165) is 10.2 Å². The lowest BCUT2D eigenvalue weighted by Crippen LogP contribution is -1.96. The van der Waals surface area contributed by atoms with Crippen LogP contribution in [0.2, 0.25) is 0 Å². The highest BCUT2D eigenvalue weighted by atomic mass is 79.9. The summed E-state index contributed by atoms with van der Waals surface area (Å²) >= 11 is 3.35. The van der Waals surface area contributed by atoms with Gasteiger partial charge in [0, 0.05) is 10.2 Å². The average Bonchev–Trinajstić information content (AvgIpc) is 2.48. The number of rotatable bonds is 0. The maximum absolute atomic E-state index is 5.76. The molecule has 0 aliphatic rings. The van der Waals surface area contributed by atoms with Crippen molar-refractivity contribution < 1.29 is 0 Å². The van der Waals surface area contributed by atoms with Gasteiger partial charge in [0.2, 0.25) is 0 Å². The SMILES string of the molecule is Cc1cc(Br)c(N)c2nncn12. The van der Waals surface area contributed by atoms with Crippen molar-refractivity contribution in [1.82, 2.24) is 14.6 Å². The number of nitrogens with two attached hydrogens (primary N) is 1. The highest BCUT2D eigenvalue weighted by Crippen LogP contribution is 2.24. The van der Waals surface area contributed by atoms with Gasteiger partial charge in [0.15, 0.2) is 5.65 Å². The van der Waals surface area contributed by atoms with Gasteiger partial charge in [-0.1, -0.05) is 0 Å². The summed E-state index contributed by atoms with van der Waals surface area (Å²) in [5.74, 6) is 0. The Morgan fingerprint density at radius 1 is 1.58 bits per heavy atom. The van der Waals surface area contributed by atoms with Gasteiger partial charge in [-0.25, -0.2) is 0 Å². The highest BCUT2D eigenvalue weighted by Gasteiger charge is 2.06. The Kier molecular flexibility index (Phi) is 1.54. The Bertz CT molecular complexity index is 434. The molecule has 0 radical (unpaired) electrons. The second-order valence-electron chi connectivity index (χ2n) is 2.57. The molecule has 0 bridgehead atoms. The van der Waals surface area contributed by atoms with E-state index in [9.17, 15) is 0 Å². The van der Waals surface area contributed by atoms with Gasteiger partial charge >= 0.3 is 0 Å². The van der Waals surface area contributed by atoms with Crippen LogP contribution in [0.15, 0.2) is 16.9 Å². The molecular formula is C7H7BrN4. The van der Waals surface area contributed by atoms with Gasteiger partial charge < -0.3 is 5.73 Å². The van der Waals surface area contributed by atoms with E-state index in [0.29, 0.717) is 11.3 Å². The normalized spacial score (nSPS) is 10.8. The molecule has 2 rings (SSSR count). The van der Waals surface area contributed by atoms with E-state index in [-0.39, 0.29) is 0 Å². The minimum atomic E-state index is 0.623. The summed E-state index contributed by atoms with van der Waals surface area (Å²) in [5.41, 5.74) is 8.13. The van der Waals surface area contributed by atoms with Crippen molar-refractivity contribution in [2.24, 2.45) is 0 Å². The molecule has 2 N–H and O–H groups in total. The van der Waals surface area contributed by atoms with E-state index < -0.39 is 0 Å². The molecule has 2 aromatic rings. The molecule has 2 heterocycles. The molecule has 0 fully saturated rings. The van der Waals surface area contributed by atoms with Gasteiger partial charge in [0.05, 0.1) is 5.69 Å². The molecule has 0 atom stereocenters. The Morgan fingerprint density at radius 2 is 2.33 bits per heavy atom. The summed E-state index contributed by atoms with van der Waals surface area (Å²) in [5, 5.41) is 7.67. The number of aromatic nitrogens is 3. The van der Waals surface area contributed by atoms with Crippen LogP contribution in [0.3, 0.4) is 0 Å². The number of nitrogen functional groups attached to an aromatic ring is 1. The monoisotopic (exact) mass is 226 g/mol. The zero-order chi connectivity index (χ0) is 8.72. The van der Waals surface area contributed by atoms with Gasteiger partial charge in [0.25, 0.3) is 0 Å². The van der Waals surface area contributed by atoms with Crippen LogP contribution < -0.4 is 5.73 Å². The van der Waals surface area contributed by atoms with E-state index in [1.165, 1.54) is 0 Å². The number of pyridine rings is 1. The smallest absolute Gasteiger partial charge is 0.185 e. The van der Waals surface area contributed by atoms with Gasteiger partial charge in [-0.15, -0.1) is 10.2 Å². The standard InChI is InChI=1S/C7H7BrN4/c1-4-2-5(8)6(9)7-11-10-3-12(4)7/h2-3H,9H2,1H3. The Balaban J connectivity index is 2.97. The van der Waals surface area contributed by atoms with Crippen LogP contribution in [-0.2, 0) is 0 Å². The van der Waals surface area contributed by atoms with Crippen molar-refractivity contribution in [1.29, 1.82) is 0 Å². The number of hydrogen-bond acceptors (Lipinski definition) is 3. The van der Waals surface area contributed by atoms with Crippen LogP contribution in [0.4, 0.5) is 5.69 Å².